The van der Waals surface area contributed by atoms with E-state index in [2.05, 4.69) is 10.3 Å². The van der Waals surface area contributed by atoms with E-state index in [4.69, 9.17) is 23.2 Å². The molecule has 0 saturated carbocycles. The summed E-state index contributed by atoms with van der Waals surface area (Å²) in [4.78, 5) is 39.9. The van der Waals surface area contributed by atoms with Gasteiger partial charge in [0.05, 0.1) is 37.3 Å². The van der Waals surface area contributed by atoms with Gasteiger partial charge in [-0.1, -0.05) is 53.5 Å². The predicted octanol–water partition coefficient (Wildman–Crippen LogP) is 5.54. The van der Waals surface area contributed by atoms with Crippen LogP contribution in [-0.4, -0.2) is 32.9 Å². The van der Waals surface area contributed by atoms with Crippen molar-refractivity contribution in [2.45, 2.75) is 12.5 Å². The number of nitro benzene ring substituents is 1. The van der Waals surface area contributed by atoms with Crippen LogP contribution in [0, 0.1) is 10.1 Å². The molecule has 0 aliphatic rings. The number of nitro groups is 1. The van der Waals surface area contributed by atoms with Crippen LogP contribution in [0.25, 0.3) is 22.2 Å². The van der Waals surface area contributed by atoms with E-state index in [0.29, 0.717) is 22.3 Å². The van der Waals surface area contributed by atoms with Crippen molar-refractivity contribution in [3.8, 4) is 11.3 Å². The molecule has 0 fully saturated rings. The van der Waals surface area contributed by atoms with Gasteiger partial charge in [-0.3, -0.25) is 14.9 Å². The number of rotatable bonds is 7. The number of hydrogen-bond acceptors (Lipinski definition) is 5. The maximum Gasteiger partial charge on any atom is 0.326 e. The van der Waals surface area contributed by atoms with E-state index in [1.165, 1.54) is 18.2 Å². The summed E-state index contributed by atoms with van der Waals surface area (Å²) in [7, 11) is 0. The summed E-state index contributed by atoms with van der Waals surface area (Å²) in [6, 6.07) is 18.3. The molecule has 4 rings (SSSR count). The zero-order valence-electron chi connectivity index (χ0n) is 17.9. The molecule has 0 radical (unpaired) electrons. The molecule has 3 aromatic carbocycles. The number of nitrogens with zero attached hydrogens (tertiary/aromatic N) is 2. The van der Waals surface area contributed by atoms with Crippen molar-refractivity contribution in [2.24, 2.45) is 0 Å². The minimum atomic E-state index is -1.23. The van der Waals surface area contributed by atoms with Gasteiger partial charge in [-0.2, -0.15) is 0 Å². The van der Waals surface area contributed by atoms with Crippen LogP contribution in [-0.2, 0) is 11.2 Å². The van der Waals surface area contributed by atoms with Crippen LogP contribution < -0.4 is 5.32 Å². The maximum absolute atomic E-state index is 12.7. The van der Waals surface area contributed by atoms with Gasteiger partial charge in [0.15, 0.2) is 0 Å². The lowest BCUT2D eigenvalue weighted by Crippen LogP contribution is -2.42. The molecule has 10 heteroatoms. The van der Waals surface area contributed by atoms with Crippen molar-refractivity contribution in [3.63, 3.8) is 0 Å². The molecule has 1 heterocycles. The van der Waals surface area contributed by atoms with Crippen LogP contribution in [0.5, 0.6) is 0 Å². The molecule has 0 bridgehead atoms. The number of benzene rings is 3. The Morgan fingerprint density at radius 1 is 1.00 bits per heavy atom. The fourth-order valence-corrected chi connectivity index (χ4v) is 4.25. The third-order valence-corrected chi connectivity index (χ3v) is 5.99. The largest absolute Gasteiger partial charge is 0.480 e. The lowest BCUT2D eigenvalue weighted by molar-refractivity contribution is -0.384. The van der Waals surface area contributed by atoms with Gasteiger partial charge in [-0.15, -0.1) is 0 Å². The number of amides is 1. The molecule has 0 aliphatic carbocycles. The van der Waals surface area contributed by atoms with E-state index in [0.717, 1.165) is 5.39 Å². The van der Waals surface area contributed by atoms with Crippen LogP contribution in [0.4, 0.5) is 5.69 Å². The minimum Gasteiger partial charge on any atom is -0.480 e. The number of hydrogen-bond donors (Lipinski definition) is 2. The summed E-state index contributed by atoms with van der Waals surface area (Å²) in [5.41, 5.74) is 2.04. The normalized spacial score (nSPS) is 11.7. The van der Waals surface area contributed by atoms with Crippen molar-refractivity contribution in [3.05, 3.63) is 104 Å². The first kappa shape index (κ1) is 24.1. The topological polar surface area (TPSA) is 122 Å². The van der Waals surface area contributed by atoms with Gasteiger partial charge in [0.25, 0.3) is 11.6 Å². The average molecular weight is 510 g/mol. The summed E-state index contributed by atoms with van der Waals surface area (Å²) < 4.78 is 0. The van der Waals surface area contributed by atoms with Gasteiger partial charge < -0.3 is 10.4 Å². The van der Waals surface area contributed by atoms with E-state index in [1.54, 1.807) is 54.6 Å². The highest BCUT2D eigenvalue weighted by Gasteiger charge is 2.24. The highest BCUT2D eigenvalue weighted by Crippen LogP contribution is 2.30. The molecule has 176 valence electrons. The molecule has 4 aromatic rings. The predicted molar refractivity (Wildman–Crippen MR) is 133 cm³/mol. The summed E-state index contributed by atoms with van der Waals surface area (Å²) in [6.45, 7) is 0. The second kappa shape index (κ2) is 10.1. The van der Waals surface area contributed by atoms with Gasteiger partial charge in [0, 0.05) is 17.9 Å². The van der Waals surface area contributed by atoms with Crippen molar-refractivity contribution < 1.29 is 19.6 Å². The molecule has 2 N–H and O–H groups in total. The Labute approximate surface area is 209 Å². The van der Waals surface area contributed by atoms with Gasteiger partial charge >= 0.3 is 5.97 Å². The quantitative estimate of drug-likeness (QED) is 0.249. The molecule has 0 spiro atoms. The van der Waals surface area contributed by atoms with Crippen molar-refractivity contribution in [1.29, 1.82) is 0 Å². The number of aromatic nitrogens is 1. The van der Waals surface area contributed by atoms with Gasteiger partial charge in [0.2, 0.25) is 0 Å². The molecule has 0 unspecified atom stereocenters. The molecule has 0 saturated heterocycles. The van der Waals surface area contributed by atoms with Crippen molar-refractivity contribution in [1.82, 2.24) is 10.3 Å². The van der Waals surface area contributed by atoms with E-state index in [9.17, 15) is 24.8 Å². The SMILES string of the molecule is O=C(N[C@@H](Cc1ccc2nc(-c3ccccc3[N+](=O)[O-])ccc2c1)C(=O)O)c1c(Cl)cccc1Cl. The number of nitrogens with one attached hydrogen (secondary N) is 1. The zero-order valence-corrected chi connectivity index (χ0v) is 19.5. The van der Waals surface area contributed by atoms with Crippen molar-refractivity contribution in [2.75, 3.05) is 0 Å². The Hall–Kier alpha value is -4.01. The number of halogens is 2. The lowest BCUT2D eigenvalue weighted by Gasteiger charge is -2.16. The number of aliphatic carboxylic acids is 1. The molecule has 8 nitrogen and oxygen atoms in total. The average Bonchev–Trinajstić information content (AvgIpc) is 2.83. The molecular weight excluding hydrogens is 493 g/mol. The second-order valence-corrected chi connectivity index (χ2v) is 8.48. The van der Waals surface area contributed by atoms with E-state index >= 15 is 0 Å². The number of carboxylic acids is 1. The van der Waals surface area contributed by atoms with Gasteiger partial charge in [-0.05, 0) is 42.0 Å². The Morgan fingerprint density at radius 3 is 2.40 bits per heavy atom. The minimum absolute atomic E-state index is 0.00495. The number of para-hydroxylation sites is 1. The van der Waals surface area contributed by atoms with Gasteiger partial charge in [0.1, 0.15) is 6.04 Å². The molecule has 1 amide bonds. The van der Waals surface area contributed by atoms with Crippen LogP contribution in [0.3, 0.4) is 0 Å². The molecule has 35 heavy (non-hydrogen) atoms. The summed E-state index contributed by atoms with van der Waals surface area (Å²) >= 11 is 12.1. The first-order chi connectivity index (χ1) is 16.7. The number of carboxylic acid groups (broad SMARTS) is 1. The van der Waals surface area contributed by atoms with Crippen LogP contribution in [0.2, 0.25) is 10.0 Å². The van der Waals surface area contributed by atoms with E-state index < -0.39 is 22.8 Å². The van der Waals surface area contributed by atoms with Crippen LogP contribution in [0.1, 0.15) is 15.9 Å². The smallest absolute Gasteiger partial charge is 0.326 e. The Kier molecular flexibility index (Phi) is 6.95. The molecule has 1 aromatic heterocycles. The Morgan fingerprint density at radius 2 is 1.71 bits per heavy atom. The molecule has 0 aliphatic heterocycles. The first-order valence-corrected chi connectivity index (χ1v) is 11.1. The Balaban J connectivity index is 1.59. The van der Waals surface area contributed by atoms with Gasteiger partial charge in [-0.25, -0.2) is 9.78 Å². The number of pyridine rings is 1. The number of carbonyl (C=O) groups is 2. The van der Waals surface area contributed by atoms with Crippen LogP contribution in [0.15, 0.2) is 72.8 Å². The lowest BCUT2D eigenvalue weighted by atomic mass is 10.0. The third-order valence-electron chi connectivity index (χ3n) is 5.36. The van der Waals surface area contributed by atoms with E-state index in [-0.39, 0.29) is 27.7 Å². The fourth-order valence-electron chi connectivity index (χ4n) is 3.68. The monoisotopic (exact) mass is 509 g/mol. The number of carbonyl (C=O) groups excluding carboxylic acids is 1. The van der Waals surface area contributed by atoms with E-state index in [1.807, 2.05) is 0 Å². The highest BCUT2D eigenvalue weighted by atomic mass is 35.5. The number of fused-ring (bicyclic) bond motifs is 1. The Bertz CT molecular complexity index is 1450. The summed E-state index contributed by atoms with van der Waals surface area (Å²) in [5, 5.41) is 24.4. The standard InChI is InChI=1S/C25H17Cl2N3O5/c26-17-5-3-6-18(27)23(17)24(31)29-21(25(32)33)13-14-8-10-19-15(12-14)9-11-20(28-19)16-4-1-2-7-22(16)30(34)35/h1-12,21H,13H2,(H,29,31)(H,32,33)/t21-/m0/s1. The second-order valence-electron chi connectivity index (χ2n) is 7.66. The fraction of sp³-hybridized carbons (Fsp3) is 0.0800. The maximum atomic E-state index is 12.7. The highest BCUT2D eigenvalue weighted by molar-refractivity contribution is 6.39. The summed E-state index contributed by atoms with van der Waals surface area (Å²) in [5.74, 6) is -1.91. The van der Waals surface area contributed by atoms with Crippen LogP contribution >= 0.6 is 23.2 Å². The molecular formula is C25H17Cl2N3O5. The zero-order chi connectivity index (χ0) is 25.1. The van der Waals surface area contributed by atoms with Crippen molar-refractivity contribution >= 4 is 51.7 Å². The molecule has 1 atom stereocenters. The summed E-state index contributed by atoms with van der Waals surface area (Å²) in [6.07, 6.45) is 0.00495. The first-order valence-electron chi connectivity index (χ1n) is 10.4. The third kappa shape index (κ3) is 5.24.